The average molecular weight is 261 g/mol. The minimum atomic E-state index is -0.432. The van der Waals surface area contributed by atoms with Gasteiger partial charge < -0.3 is 10.4 Å². The Morgan fingerprint density at radius 2 is 1.88 bits per heavy atom. The molecule has 0 aromatic heterocycles. The molecule has 2 unspecified atom stereocenters. The number of rotatable bonds is 8. The Kier molecular flexibility index (Phi) is 8.70. The molecule has 102 valence electrons. The van der Waals surface area contributed by atoms with Crippen molar-refractivity contribution in [3.05, 3.63) is 0 Å². The summed E-state index contributed by atoms with van der Waals surface area (Å²) in [6, 6.07) is 0. The Morgan fingerprint density at radius 1 is 1.29 bits per heavy atom. The molecule has 3 nitrogen and oxygen atoms in total. The number of aliphatic hydroxyl groups is 1. The van der Waals surface area contributed by atoms with Crippen molar-refractivity contribution in [3.8, 4) is 0 Å². The zero-order valence-electron chi connectivity index (χ0n) is 11.7. The number of carbonyl (C=O) groups excluding carboxylic acids is 1. The van der Waals surface area contributed by atoms with Crippen molar-refractivity contribution in [2.45, 2.75) is 52.4 Å². The van der Waals surface area contributed by atoms with Gasteiger partial charge in [-0.15, -0.1) is 11.8 Å². The lowest BCUT2D eigenvalue weighted by Gasteiger charge is -2.20. The highest BCUT2D eigenvalue weighted by Crippen LogP contribution is 2.19. The Bertz CT molecular complexity index is 219. The Balaban J connectivity index is 4.05. The van der Waals surface area contributed by atoms with Crippen molar-refractivity contribution < 1.29 is 9.90 Å². The molecule has 0 aliphatic carbocycles. The van der Waals surface area contributed by atoms with Gasteiger partial charge in [-0.25, -0.2) is 0 Å². The number of amides is 1. The van der Waals surface area contributed by atoms with Crippen molar-refractivity contribution in [2.24, 2.45) is 11.8 Å². The van der Waals surface area contributed by atoms with Crippen LogP contribution < -0.4 is 5.32 Å². The van der Waals surface area contributed by atoms with Gasteiger partial charge in [0, 0.05) is 6.54 Å². The fourth-order valence-electron chi connectivity index (χ4n) is 1.70. The lowest BCUT2D eigenvalue weighted by molar-refractivity contribution is -0.121. The first-order chi connectivity index (χ1) is 7.88. The molecule has 0 radical (unpaired) electrons. The lowest BCUT2D eigenvalue weighted by Crippen LogP contribution is -2.40. The van der Waals surface area contributed by atoms with Crippen LogP contribution in [0.4, 0.5) is 0 Å². The lowest BCUT2D eigenvalue weighted by atomic mass is 10.1. The molecule has 0 rings (SSSR count). The van der Waals surface area contributed by atoms with E-state index in [1.807, 2.05) is 0 Å². The van der Waals surface area contributed by atoms with Crippen LogP contribution in [0.5, 0.6) is 0 Å². The van der Waals surface area contributed by atoms with Gasteiger partial charge in [-0.1, -0.05) is 34.6 Å². The van der Waals surface area contributed by atoms with E-state index in [2.05, 4.69) is 39.9 Å². The standard InChI is InChI=1S/C13H27NO2S/c1-6-17-12(10(4)5)13(16)14-8-11(15)7-9(2)3/h9-12,15H,6-8H2,1-5H3,(H,14,16). The molecule has 0 saturated heterocycles. The molecule has 0 bridgehead atoms. The third-order valence-electron chi connectivity index (χ3n) is 2.47. The average Bonchev–Trinajstić information content (AvgIpc) is 2.21. The molecule has 1 amide bonds. The molecule has 17 heavy (non-hydrogen) atoms. The molecule has 0 saturated carbocycles. The predicted octanol–water partition coefficient (Wildman–Crippen LogP) is 2.29. The molecular formula is C13H27NO2S. The van der Waals surface area contributed by atoms with Gasteiger partial charge >= 0.3 is 0 Å². The zero-order valence-corrected chi connectivity index (χ0v) is 12.5. The maximum Gasteiger partial charge on any atom is 0.233 e. The van der Waals surface area contributed by atoms with E-state index in [4.69, 9.17) is 0 Å². The van der Waals surface area contributed by atoms with E-state index < -0.39 is 6.10 Å². The monoisotopic (exact) mass is 261 g/mol. The van der Waals surface area contributed by atoms with Crippen LogP contribution in [0.3, 0.4) is 0 Å². The number of nitrogens with one attached hydrogen (secondary N) is 1. The minimum absolute atomic E-state index is 0.00810. The van der Waals surface area contributed by atoms with Crippen LogP contribution in [0, 0.1) is 11.8 Å². The third kappa shape index (κ3) is 7.66. The summed E-state index contributed by atoms with van der Waals surface area (Å²) >= 11 is 1.66. The van der Waals surface area contributed by atoms with E-state index in [-0.39, 0.29) is 11.2 Å². The van der Waals surface area contributed by atoms with Crippen molar-refractivity contribution >= 4 is 17.7 Å². The summed E-state index contributed by atoms with van der Waals surface area (Å²) in [7, 11) is 0. The van der Waals surface area contributed by atoms with Crippen molar-refractivity contribution in [1.29, 1.82) is 0 Å². The molecule has 2 atom stereocenters. The summed E-state index contributed by atoms with van der Waals surface area (Å²) in [5.74, 6) is 1.76. The van der Waals surface area contributed by atoms with Crippen molar-refractivity contribution in [2.75, 3.05) is 12.3 Å². The molecule has 0 aliphatic rings. The Morgan fingerprint density at radius 3 is 2.29 bits per heavy atom. The molecule has 0 spiro atoms. The molecule has 2 N–H and O–H groups in total. The van der Waals surface area contributed by atoms with Crippen LogP contribution in [-0.2, 0) is 4.79 Å². The van der Waals surface area contributed by atoms with Gasteiger partial charge in [0.05, 0.1) is 11.4 Å². The van der Waals surface area contributed by atoms with E-state index in [9.17, 15) is 9.90 Å². The smallest absolute Gasteiger partial charge is 0.233 e. The highest BCUT2D eigenvalue weighted by molar-refractivity contribution is 8.00. The Hall–Kier alpha value is -0.220. The van der Waals surface area contributed by atoms with Gasteiger partial charge in [-0.3, -0.25) is 4.79 Å². The zero-order chi connectivity index (χ0) is 13.4. The van der Waals surface area contributed by atoms with E-state index in [1.165, 1.54) is 0 Å². The normalized spacial score (nSPS) is 15.1. The summed E-state index contributed by atoms with van der Waals surface area (Å²) in [5, 5.41) is 12.5. The third-order valence-corrected chi connectivity index (χ3v) is 3.92. The number of carbonyl (C=O) groups is 1. The SMILES string of the molecule is CCSC(C(=O)NCC(O)CC(C)C)C(C)C. The van der Waals surface area contributed by atoms with E-state index >= 15 is 0 Å². The minimum Gasteiger partial charge on any atom is -0.391 e. The van der Waals surface area contributed by atoms with Gasteiger partial charge in [-0.05, 0) is 24.0 Å². The molecule has 0 fully saturated rings. The number of hydrogen-bond acceptors (Lipinski definition) is 3. The second-order valence-corrected chi connectivity index (χ2v) is 6.57. The molecule has 0 heterocycles. The van der Waals surface area contributed by atoms with E-state index in [0.29, 0.717) is 18.4 Å². The predicted molar refractivity (Wildman–Crippen MR) is 75.2 cm³/mol. The number of aliphatic hydroxyl groups excluding tert-OH is 1. The van der Waals surface area contributed by atoms with Crippen molar-refractivity contribution in [1.82, 2.24) is 5.32 Å². The number of thioether (sulfide) groups is 1. The summed E-state index contributed by atoms with van der Waals surface area (Å²) in [6.07, 6.45) is 0.298. The highest BCUT2D eigenvalue weighted by atomic mass is 32.2. The first-order valence-corrected chi connectivity index (χ1v) is 7.50. The van der Waals surface area contributed by atoms with Gasteiger partial charge in [0.15, 0.2) is 0 Å². The van der Waals surface area contributed by atoms with Crippen LogP contribution in [-0.4, -0.2) is 34.7 Å². The summed E-state index contributed by atoms with van der Waals surface area (Å²) in [6.45, 7) is 10.7. The van der Waals surface area contributed by atoms with Gasteiger partial charge in [0.1, 0.15) is 0 Å². The fraction of sp³-hybridized carbons (Fsp3) is 0.923. The van der Waals surface area contributed by atoms with Gasteiger partial charge in [0.25, 0.3) is 0 Å². The van der Waals surface area contributed by atoms with Crippen molar-refractivity contribution in [3.63, 3.8) is 0 Å². The molecule has 0 aromatic carbocycles. The topological polar surface area (TPSA) is 49.3 Å². The second-order valence-electron chi connectivity index (χ2n) is 5.15. The van der Waals surface area contributed by atoms with Gasteiger partial charge in [-0.2, -0.15) is 0 Å². The molecule has 4 heteroatoms. The summed E-state index contributed by atoms with van der Waals surface area (Å²) < 4.78 is 0. The summed E-state index contributed by atoms with van der Waals surface area (Å²) in [4.78, 5) is 11.9. The number of hydrogen-bond donors (Lipinski definition) is 2. The van der Waals surface area contributed by atoms with Gasteiger partial charge in [0.2, 0.25) is 5.91 Å². The summed E-state index contributed by atoms with van der Waals surface area (Å²) in [5.41, 5.74) is 0. The van der Waals surface area contributed by atoms with Crippen LogP contribution in [0.25, 0.3) is 0 Å². The Labute approximate surface area is 110 Å². The molecular weight excluding hydrogens is 234 g/mol. The first kappa shape index (κ1) is 16.8. The highest BCUT2D eigenvalue weighted by Gasteiger charge is 2.22. The molecule has 0 aliphatic heterocycles. The first-order valence-electron chi connectivity index (χ1n) is 6.45. The maximum absolute atomic E-state index is 11.9. The maximum atomic E-state index is 11.9. The van der Waals surface area contributed by atoms with E-state index in [1.54, 1.807) is 11.8 Å². The van der Waals surface area contributed by atoms with E-state index in [0.717, 1.165) is 12.2 Å². The largest absolute Gasteiger partial charge is 0.391 e. The van der Waals surface area contributed by atoms with Crippen LogP contribution >= 0.6 is 11.8 Å². The quantitative estimate of drug-likeness (QED) is 0.705. The van der Waals surface area contributed by atoms with Crippen LogP contribution in [0.15, 0.2) is 0 Å². The second kappa shape index (κ2) is 8.81. The van der Waals surface area contributed by atoms with Crippen LogP contribution in [0.2, 0.25) is 0 Å². The fourth-order valence-corrected chi connectivity index (χ4v) is 2.68. The van der Waals surface area contributed by atoms with Crippen LogP contribution in [0.1, 0.15) is 41.0 Å². The molecule has 0 aromatic rings.